The van der Waals surface area contributed by atoms with Gasteiger partial charge in [-0.15, -0.1) is 0 Å². The smallest absolute Gasteiger partial charge is 0.352 e. The number of aromatic nitrogens is 2. The summed E-state index contributed by atoms with van der Waals surface area (Å²) in [6, 6.07) is 5.10. The van der Waals surface area contributed by atoms with Crippen LogP contribution in [0.5, 0.6) is 17.4 Å². The number of fused-ring (bicyclic) bond motifs is 4. The zero-order valence-electron chi connectivity index (χ0n) is 16.4. The number of anilines is 1. The van der Waals surface area contributed by atoms with Gasteiger partial charge in [-0.2, -0.15) is 4.98 Å². The van der Waals surface area contributed by atoms with E-state index in [-0.39, 0.29) is 35.6 Å². The lowest BCUT2D eigenvalue weighted by Crippen LogP contribution is -2.39. The fourth-order valence-corrected chi connectivity index (χ4v) is 4.43. The van der Waals surface area contributed by atoms with Crippen molar-refractivity contribution in [2.75, 3.05) is 24.8 Å². The number of hydrogen-bond donors (Lipinski definition) is 0. The molecular weight excluding hydrogens is 393 g/mol. The van der Waals surface area contributed by atoms with E-state index in [9.17, 15) is 9.18 Å². The van der Waals surface area contributed by atoms with Crippen LogP contribution in [-0.4, -0.2) is 41.1 Å². The lowest BCUT2D eigenvalue weighted by Gasteiger charge is -2.30. The molecule has 1 atom stereocenters. The molecule has 2 fully saturated rings. The van der Waals surface area contributed by atoms with Crippen LogP contribution >= 0.6 is 0 Å². The van der Waals surface area contributed by atoms with Gasteiger partial charge in [0.15, 0.2) is 17.3 Å². The van der Waals surface area contributed by atoms with E-state index in [1.807, 2.05) is 0 Å². The summed E-state index contributed by atoms with van der Waals surface area (Å²) in [6.07, 6.45) is 3.50. The molecule has 158 valence electrons. The van der Waals surface area contributed by atoms with E-state index >= 15 is 0 Å². The lowest BCUT2D eigenvalue weighted by atomic mass is 10.2. The highest BCUT2D eigenvalue weighted by atomic mass is 19.1. The Balaban J connectivity index is 1.23. The maximum absolute atomic E-state index is 14.7. The number of ether oxygens (including phenoxy) is 4. The zero-order valence-corrected chi connectivity index (χ0v) is 16.4. The highest BCUT2D eigenvalue weighted by Gasteiger charge is 2.47. The van der Waals surface area contributed by atoms with Gasteiger partial charge in [0.05, 0.1) is 19.3 Å². The van der Waals surface area contributed by atoms with Crippen LogP contribution in [0.4, 0.5) is 10.2 Å². The van der Waals surface area contributed by atoms with Crippen LogP contribution in [-0.2, 0) is 17.9 Å². The molecule has 0 amide bonds. The second-order valence-corrected chi connectivity index (χ2v) is 8.37. The Hall–Kier alpha value is -2.81. The van der Waals surface area contributed by atoms with Crippen molar-refractivity contribution in [2.45, 2.75) is 50.5 Å². The predicted molar refractivity (Wildman–Crippen MR) is 104 cm³/mol. The summed E-state index contributed by atoms with van der Waals surface area (Å²) in [7, 11) is 0. The molecule has 1 unspecified atom stereocenters. The maximum atomic E-state index is 14.7. The maximum Gasteiger partial charge on any atom is 0.352 e. The minimum absolute atomic E-state index is 0.0640. The van der Waals surface area contributed by atoms with E-state index in [1.165, 1.54) is 6.07 Å². The Labute approximate surface area is 172 Å². The minimum atomic E-state index is -0.463. The molecule has 1 aromatic heterocycles. The van der Waals surface area contributed by atoms with Gasteiger partial charge in [0.25, 0.3) is 0 Å². The Morgan fingerprint density at radius 3 is 3.00 bits per heavy atom. The number of rotatable bonds is 3. The van der Waals surface area contributed by atoms with Crippen molar-refractivity contribution in [1.29, 1.82) is 0 Å². The third kappa shape index (κ3) is 2.99. The third-order valence-electron chi connectivity index (χ3n) is 6.32. The average Bonchev–Trinajstić information content (AvgIpc) is 3.44. The monoisotopic (exact) mass is 415 g/mol. The van der Waals surface area contributed by atoms with E-state index in [2.05, 4.69) is 9.88 Å². The van der Waals surface area contributed by atoms with Crippen molar-refractivity contribution in [2.24, 2.45) is 0 Å². The largest absolute Gasteiger partial charge is 0.489 e. The number of nitrogens with zero attached hydrogens (tertiary/aromatic N) is 3. The summed E-state index contributed by atoms with van der Waals surface area (Å²) < 4.78 is 39.2. The predicted octanol–water partition coefficient (Wildman–Crippen LogP) is 2.22. The first-order valence-electron chi connectivity index (χ1n) is 10.3. The molecule has 1 saturated carbocycles. The van der Waals surface area contributed by atoms with Crippen molar-refractivity contribution in [3.05, 3.63) is 40.1 Å². The molecule has 4 heterocycles. The van der Waals surface area contributed by atoms with Crippen LogP contribution in [0, 0.1) is 5.82 Å². The van der Waals surface area contributed by atoms with E-state index < -0.39 is 5.82 Å². The molecule has 1 saturated heterocycles. The van der Waals surface area contributed by atoms with Gasteiger partial charge in [-0.3, -0.25) is 4.57 Å². The molecule has 4 aliphatic rings. The van der Waals surface area contributed by atoms with Crippen molar-refractivity contribution < 1.29 is 23.3 Å². The van der Waals surface area contributed by atoms with Crippen molar-refractivity contribution >= 4 is 5.82 Å². The van der Waals surface area contributed by atoms with Gasteiger partial charge in [0.2, 0.25) is 5.88 Å². The normalized spacial score (nSPS) is 23.0. The van der Waals surface area contributed by atoms with Gasteiger partial charge in [0, 0.05) is 19.0 Å². The summed E-state index contributed by atoms with van der Waals surface area (Å²) in [5, 5.41) is 0. The van der Waals surface area contributed by atoms with Crippen LogP contribution in [0.1, 0.15) is 31.2 Å². The molecule has 2 aromatic rings. The fourth-order valence-electron chi connectivity index (χ4n) is 4.43. The molecule has 1 aliphatic carbocycles. The SMILES string of the molecule is O=c1nc(OCc2cc(F)c3c(c2)OCCC2(CC2)O3)cc2n1CC1CCOCN21. The molecule has 0 N–H and O–H groups in total. The van der Waals surface area contributed by atoms with Crippen LogP contribution in [0.15, 0.2) is 23.0 Å². The Bertz CT molecular complexity index is 1070. The third-order valence-corrected chi connectivity index (χ3v) is 6.32. The Kier molecular flexibility index (Phi) is 3.96. The van der Waals surface area contributed by atoms with Crippen LogP contribution < -0.4 is 24.8 Å². The summed E-state index contributed by atoms with van der Waals surface area (Å²) in [5.74, 6) is 1.07. The molecule has 9 heteroatoms. The van der Waals surface area contributed by atoms with E-state index in [1.54, 1.807) is 16.7 Å². The number of halogens is 1. The molecule has 1 aromatic carbocycles. The van der Waals surface area contributed by atoms with Crippen LogP contribution in [0.3, 0.4) is 0 Å². The molecule has 8 nitrogen and oxygen atoms in total. The van der Waals surface area contributed by atoms with Crippen molar-refractivity contribution in [3.63, 3.8) is 0 Å². The van der Waals surface area contributed by atoms with Crippen LogP contribution in [0.2, 0.25) is 0 Å². The summed E-state index contributed by atoms with van der Waals surface area (Å²) in [6.45, 7) is 2.31. The van der Waals surface area contributed by atoms with Crippen molar-refractivity contribution in [3.8, 4) is 17.4 Å². The average molecular weight is 415 g/mol. The molecule has 0 bridgehead atoms. The second kappa shape index (κ2) is 6.60. The van der Waals surface area contributed by atoms with Gasteiger partial charge in [-0.25, -0.2) is 9.18 Å². The van der Waals surface area contributed by atoms with Crippen LogP contribution in [0.25, 0.3) is 0 Å². The fraction of sp³-hybridized carbons (Fsp3) is 0.524. The van der Waals surface area contributed by atoms with E-state index in [0.29, 0.717) is 37.8 Å². The Morgan fingerprint density at radius 1 is 1.23 bits per heavy atom. The van der Waals surface area contributed by atoms with Gasteiger partial charge in [0.1, 0.15) is 24.8 Å². The second-order valence-electron chi connectivity index (χ2n) is 8.37. The quantitative estimate of drug-likeness (QED) is 0.761. The first-order valence-corrected chi connectivity index (χ1v) is 10.3. The standard InChI is InChI=1S/C21H22FN3O5/c22-15-7-13(8-16-19(15)30-21(2-3-21)4-6-28-16)11-29-17-9-18-24(20(26)23-17)10-14-1-5-27-12-25(14)18/h7-9,14H,1-6,10-12H2. The molecular formula is C21H22FN3O5. The lowest BCUT2D eigenvalue weighted by molar-refractivity contribution is 0.0903. The van der Waals surface area contributed by atoms with Gasteiger partial charge in [-0.05, 0) is 37.0 Å². The topological polar surface area (TPSA) is 75.0 Å². The highest BCUT2D eigenvalue weighted by Crippen LogP contribution is 2.48. The van der Waals surface area contributed by atoms with Crippen molar-refractivity contribution in [1.82, 2.24) is 9.55 Å². The van der Waals surface area contributed by atoms with Gasteiger partial charge in [-0.1, -0.05) is 0 Å². The highest BCUT2D eigenvalue weighted by molar-refractivity contribution is 5.48. The molecule has 1 spiro atoms. The Morgan fingerprint density at radius 2 is 2.13 bits per heavy atom. The summed E-state index contributed by atoms with van der Waals surface area (Å²) in [4.78, 5) is 18.5. The molecule has 3 aliphatic heterocycles. The summed E-state index contributed by atoms with van der Waals surface area (Å²) in [5.41, 5.74) is -0.0175. The zero-order chi connectivity index (χ0) is 20.3. The minimum Gasteiger partial charge on any atom is -0.489 e. The molecule has 0 radical (unpaired) electrons. The van der Waals surface area contributed by atoms with Gasteiger partial charge < -0.3 is 23.8 Å². The van der Waals surface area contributed by atoms with E-state index in [4.69, 9.17) is 18.9 Å². The molecule has 30 heavy (non-hydrogen) atoms. The summed E-state index contributed by atoms with van der Waals surface area (Å²) >= 11 is 0. The first kappa shape index (κ1) is 18.0. The van der Waals surface area contributed by atoms with Gasteiger partial charge >= 0.3 is 5.69 Å². The molecule has 6 rings (SSSR count). The number of hydrogen-bond acceptors (Lipinski definition) is 7. The first-order chi connectivity index (χ1) is 14.6. The van der Waals surface area contributed by atoms with E-state index in [0.717, 1.165) is 31.5 Å². The number of benzene rings is 1.